The predicted octanol–water partition coefficient (Wildman–Crippen LogP) is 3.97. The van der Waals surface area contributed by atoms with Gasteiger partial charge in [0.15, 0.2) is 0 Å². The standard InChI is InChI=1S/C17H19NOS/c1-2-19-15-9-5-3-8-13(15)17(18)14-11-20-16-10-6-4-7-12(14)16/h3-10,14,17H,2,11,18H2,1H3. The number of benzene rings is 2. The van der Waals surface area contributed by atoms with E-state index in [0.29, 0.717) is 12.5 Å². The third-order valence-corrected chi connectivity index (χ3v) is 4.96. The Labute approximate surface area is 124 Å². The molecule has 0 aromatic heterocycles. The Morgan fingerprint density at radius 3 is 2.80 bits per heavy atom. The molecule has 1 heterocycles. The molecule has 1 aliphatic heterocycles. The smallest absolute Gasteiger partial charge is 0.124 e. The van der Waals surface area contributed by atoms with Crippen molar-refractivity contribution in [3.8, 4) is 5.75 Å². The second-order valence-electron chi connectivity index (χ2n) is 4.95. The number of fused-ring (bicyclic) bond motifs is 1. The number of rotatable bonds is 4. The summed E-state index contributed by atoms with van der Waals surface area (Å²) in [6.45, 7) is 2.67. The van der Waals surface area contributed by atoms with Crippen LogP contribution in [-0.4, -0.2) is 12.4 Å². The van der Waals surface area contributed by atoms with E-state index in [-0.39, 0.29) is 6.04 Å². The van der Waals surface area contributed by atoms with E-state index in [9.17, 15) is 0 Å². The molecule has 3 rings (SSSR count). The Morgan fingerprint density at radius 1 is 1.20 bits per heavy atom. The molecule has 2 aromatic carbocycles. The molecule has 2 unspecified atom stereocenters. The van der Waals surface area contributed by atoms with E-state index in [2.05, 4.69) is 30.3 Å². The largest absolute Gasteiger partial charge is 0.494 e. The van der Waals surface area contributed by atoms with E-state index >= 15 is 0 Å². The molecule has 0 amide bonds. The number of thioether (sulfide) groups is 1. The summed E-state index contributed by atoms with van der Waals surface area (Å²) in [4.78, 5) is 1.36. The average molecular weight is 285 g/mol. The minimum absolute atomic E-state index is 0.0195. The zero-order valence-corrected chi connectivity index (χ0v) is 12.4. The van der Waals surface area contributed by atoms with Gasteiger partial charge in [-0.1, -0.05) is 36.4 Å². The first-order chi connectivity index (χ1) is 9.81. The van der Waals surface area contributed by atoms with Gasteiger partial charge in [-0.15, -0.1) is 11.8 Å². The summed E-state index contributed by atoms with van der Waals surface area (Å²) in [5.74, 6) is 2.32. The van der Waals surface area contributed by atoms with Gasteiger partial charge in [0.1, 0.15) is 5.75 Å². The zero-order valence-electron chi connectivity index (χ0n) is 11.6. The first-order valence-corrected chi connectivity index (χ1v) is 7.99. The number of hydrogen-bond acceptors (Lipinski definition) is 3. The highest BCUT2D eigenvalue weighted by Gasteiger charge is 2.30. The van der Waals surface area contributed by atoms with Gasteiger partial charge in [-0.05, 0) is 24.6 Å². The molecule has 0 bridgehead atoms. The first-order valence-electron chi connectivity index (χ1n) is 7.00. The lowest BCUT2D eigenvalue weighted by atomic mass is 9.89. The number of para-hydroxylation sites is 1. The minimum Gasteiger partial charge on any atom is -0.494 e. The molecule has 0 saturated heterocycles. The lowest BCUT2D eigenvalue weighted by molar-refractivity contribution is 0.332. The molecule has 0 aliphatic carbocycles. The van der Waals surface area contributed by atoms with Gasteiger partial charge in [0, 0.05) is 28.2 Å². The van der Waals surface area contributed by atoms with Gasteiger partial charge in [-0.3, -0.25) is 0 Å². The van der Waals surface area contributed by atoms with Crippen LogP contribution in [0.3, 0.4) is 0 Å². The molecule has 0 fully saturated rings. The van der Waals surface area contributed by atoms with Crippen LogP contribution in [-0.2, 0) is 0 Å². The van der Waals surface area contributed by atoms with Crippen LogP contribution in [0.2, 0.25) is 0 Å². The van der Waals surface area contributed by atoms with E-state index in [1.165, 1.54) is 10.5 Å². The Balaban J connectivity index is 1.92. The molecule has 2 aromatic rings. The minimum atomic E-state index is -0.0195. The molecule has 2 N–H and O–H groups in total. The molecule has 2 atom stereocenters. The fraction of sp³-hybridized carbons (Fsp3) is 0.294. The van der Waals surface area contributed by atoms with Gasteiger partial charge in [0.2, 0.25) is 0 Å². The second kappa shape index (κ2) is 5.90. The third-order valence-electron chi connectivity index (χ3n) is 3.75. The Kier molecular flexibility index (Phi) is 3.99. The van der Waals surface area contributed by atoms with Crippen LogP contribution in [0.25, 0.3) is 0 Å². The Morgan fingerprint density at radius 2 is 1.95 bits per heavy atom. The first kappa shape index (κ1) is 13.5. The normalized spacial score (nSPS) is 18.6. The van der Waals surface area contributed by atoms with E-state index in [1.54, 1.807) is 0 Å². The molecule has 1 aliphatic rings. The average Bonchev–Trinajstić information content (AvgIpc) is 2.91. The zero-order chi connectivity index (χ0) is 13.9. The SMILES string of the molecule is CCOc1ccccc1C(N)C1CSc2ccccc21. The van der Waals surface area contributed by atoms with Crippen LogP contribution in [0, 0.1) is 0 Å². The van der Waals surface area contributed by atoms with Gasteiger partial charge in [0.05, 0.1) is 6.61 Å². The van der Waals surface area contributed by atoms with E-state index in [1.807, 2.05) is 36.9 Å². The van der Waals surface area contributed by atoms with Crippen molar-refractivity contribution < 1.29 is 4.74 Å². The summed E-state index contributed by atoms with van der Waals surface area (Å²) in [5.41, 5.74) is 9.03. The highest BCUT2D eigenvalue weighted by atomic mass is 32.2. The van der Waals surface area contributed by atoms with Crippen molar-refractivity contribution in [2.24, 2.45) is 5.73 Å². The van der Waals surface area contributed by atoms with Crippen molar-refractivity contribution in [1.82, 2.24) is 0 Å². The summed E-state index contributed by atoms with van der Waals surface area (Å²) in [5, 5.41) is 0. The summed E-state index contributed by atoms with van der Waals surface area (Å²) in [7, 11) is 0. The van der Waals surface area contributed by atoms with Crippen LogP contribution < -0.4 is 10.5 Å². The second-order valence-corrected chi connectivity index (χ2v) is 6.01. The maximum Gasteiger partial charge on any atom is 0.124 e. The third kappa shape index (κ3) is 2.43. The predicted molar refractivity (Wildman–Crippen MR) is 84.4 cm³/mol. The van der Waals surface area contributed by atoms with Crippen molar-refractivity contribution in [2.75, 3.05) is 12.4 Å². The maximum absolute atomic E-state index is 6.55. The van der Waals surface area contributed by atoms with Crippen molar-refractivity contribution >= 4 is 11.8 Å². The molecule has 3 heteroatoms. The Bertz CT molecular complexity index is 599. The van der Waals surface area contributed by atoms with Gasteiger partial charge >= 0.3 is 0 Å². The van der Waals surface area contributed by atoms with Crippen molar-refractivity contribution in [1.29, 1.82) is 0 Å². The molecule has 2 nitrogen and oxygen atoms in total. The summed E-state index contributed by atoms with van der Waals surface area (Å²) >= 11 is 1.90. The Hall–Kier alpha value is -1.45. The number of ether oxygens (including phenoxy) is 1. The quantitative estimate of drug-likeness (QED) is 0.923. The van der Waals surface area contributed by atoms with Gasteiger partial charge < -0.3 is 10.5 Å². The van der Waals surface area contributed by atoms with Crippen molar-refractivity contribution in [2.45, 2.75) is 23.8 Å². The lowest BCUT2D eigenvalue weighted by Crippen LogP contribution is -2.20. The fourth-order valence-electron chi connectivity index (χ4n) is 2.74. The molecule has 0 spiro atoms. The van der Waals surface area contributed by atoms with Crippen molar-refractivity contribution in [3.63, 3.8) is 0 Å². The van der Waals surface area contributed by atoms with Crippen LogP contribution in [0.15, 0.2) is 53.4 Å². The van der Waals surface area contributed by atoms with Crippen LogP contribution >= 0.6 is 11.8 Å². The number of hydrogen-bond donors (Lipinski definition) is 1. The van der Waals surface area contributed by atoms with E-state index in [4.69, 9.17) is 10.5 Å². The number of nitrogens with two attached hydrogens (primary N) is 1. The fourth-order valence-corrected chi connectivity index (χ4v) is 4.05. The van der Waals surface area contributed by atoms with E-state index in [0.717, 1.165) is 17.1 Å². The van der Waals surface area contributed by atoms with Crippen LogP contribution in [0.5, 0.6) is 5.75 Å². The lowest BCUT2D eigenvalue weighted by Gasteiger charge is -2.22. The molecule has 104 valence electrons. The highest BCUT2D eigenvalue weighted by Crippen LogP contribution is 2.45. The van der Waals surface area contributed by atoms with Crippen LogP contribution in [0.4, 0.5) is 0 Å². The summed E-state index contributed by atoms with van der Waals surface area (Å²) in [6.07, 6.45) is 0. The molecule has 0 radical (unpaired) electrons. The van der Waals surface area contributed by atoms with Gasteiger partial charge in [-0.25, -0.2) is 0 Å². The highest BCUT2D eigenvalue weighted by molar-refractivity contribution is 7.99. The summed E-state index contributed by atoms with van der Waals surface area (Å²) < 4.78 is 5.72. The monoisotopic (exact) mass is 285 g/mol. The van der Waals surface area contributed by atoms with Crippen LogP contribution in [0.1, 0.15) is 30.0 Å². The van der Waals surface area contributed by atoms with E-state index < -0.39 is 0 Å². The molecular formula is C17H19NOS. The molecule has 0 saturated carbocycles. The van der Waals surface area contributed by atoms with Gasteiger partial charge in [0.25, 0.3) is 0 Å². The van der Waals surface area contributed by atoms with Crippen molar-refractivity contribution in [3.05, 3.63) is 59.7 Å². The molecule has 20 heavy (non-hydrogen) atoms. The molecular weight excluding hydrogens is 266 g/mol. The van der Waals surface area contributed by atoms with Gasteiger partial charge in [-0.2, -0.15) is 0 Å². The maximum atomic E-state index is 6.55. The summed E-state index contributed by atoms with van der Waals surface area (Å²) in [6, 6.07) is 16.7. The topological polar surface area (TPSA) is 35.2 Å².